The number of furan rings is 1. The average Bonchev–Trinajstić information content (AvgIpc) is 2.74. The molecule has 0 radical (unpaired) electrons. The summed E-state index contributed by atoms with van der Waals surface area (Å²) in [5.74, 6) is 0.848. The van der Waals surface area contributed by atoms with Crippen LogP contribution in [-0.4, -0.2) is 37.7 Å². The Bertz CT molecular complexity index is 496. The Hall–Kier alpha value is -0.700. The van der Waals surface area contributed by atoms with Crippen LogP contribution in [0.15, 0.2) is 21.6 Å². The van der Waals surface area contributed by atoms with Crippen LogP contribution in [0, 0.1) is 0 Å². The van der Waals surface area contributed by atoms with E-state index in [2.05, 4.69) is 10.0 Å². The van der Waals surface area contributed by atoms with Crippen molar-refractivity contribution in [1.29, 1.82) is 0 Å². The lowest BCUT2D eigenvalue weighted by Crippen LogP contribution is -2.27. The van der Waals surface area contributed by atoms with Gasteiger partial charge in [-0.05, 0) is 18.7 Å². The van der Waals surface area contributed by atoms with Crippen LogP contribution in [0.2, 0.25) is 0 Å². The quantitative estimate of drug-likeness (QED) is 0.707. The van der Waals surface area contributed by atoms with E-state index in [1.165, 1.54) is 12.3 Å². The molecule has 0 saturated heterocycles. The molecule has 0 aromatic carbocycles. The van der Waals surface area contributed by atoms with Crippen molar-refractivity contribution in [1.82, 2.24) is 10.0 Å². The molecule has 0 saturated carbocycles. The van der Waals surface area contributed by atoms with Crippen molar-refractivity contribution >= 4 is 20.8 Å². The van der Waals surface area contributed by atoms with E-state index in [0.717, 1.165) is 6.54 Å². The van der Waals surface area contributed by atoms with Gasteiger partial charge in [0.25, 0.3) is 10.0 Å². The van der Waals surface area contributed by atoms with E-state index < -0.39 is 20.8 Å². The Labute approximate surface area is 110 Å². The van der Waals surface area contributed by atoms with Gasteiger partial charge >= 0.3 is 0 Å². The third kappa shape index (κ3) is 4.89. The van der Waals surface area contributed by atoms with Gasteiger partial charge in [0, 0.05) is 29.4 Å². The van der Waals surface area contributed by atoms with Gasteiger partial charge in [0.1, 0.15) is 5.76 Å². The molecule has 104 valence electrons. The number of hydrogen-bond donors (Lipinski definition) is 2. The molecule has 2 N–H and O–H groups in total. The highest BCUT2D eigenvalue weighted by atomic mass is 32.2. The summed E-state index contributed by atoms with van der Waals surface area (Å²) >= 11 is 0. The summed E-state index contributed by atoms with van der Waals surface area (Å²) in [5, 5.41) is 2.92. The average molecular weight is 294 g/mol. The van der Waals surface area contributed by atoms with Gasteiger partial charge in [-0.3, -0.25) is 4.21 Å². The van der Waals surface area contributed by atoms with Gasteiger partial charge in [-0.25, -0.2) is 13.1 Å². The summed E-state index contributed by atoms with van der Waals surface area (Å²) in [6.45, 7) is 3.36. The van der Waals surface area contributed by atoms with E-state index >= 15 is 0 Å². The molecule has 0 amide bonds. The van der Waals surface area contributed by atoms with Crippen molar-refractivity contribution < 1.29 is 17.0 Å². The van der Waals surface area contributed by atoms with Gasteiger partial charge in [0.15, 0.2) is 0 Å². The molecule has 6 nitrogen and oxygen atoms in total. The van der Waals surface area contributed by atoms with Crippen molar-refractivity contribution in [3.63, 3.8) is 0 Å². The molecular weight excluding hydrogens is 276 g/mol. The minimum Gasteiger partial charge on any atom is -0.447 e. The lowest BCUT2D eigenvalue weighted by atomic mass is 10.4. The molecule has 0 aliphatic carbocycles. The maximum atomic E-state index is 11.8. The number of nitrogens with one attached hydrogen (secondary N) is 2. The standard InChI is InChI=1S/C10H18N2O4S2/c1-3-11-8-9-4-5-10(16-9)18(14,15)12-6-7-17(2)13/h4-5,11-12H,3,6-8H2,1-2H3. The van der Waals surface area contributed by atoms with Crippen LogP contribution in [-0.2, 0) is 27.4 Å². The van der Waals surface area contributed by atoms with Crippen molar-refractivity contribution in [2.24, 2.45) is 0 Å². The zero-order valence-electron chi connectivity index (χ0n) is 10.4. The predicted octanol–water partition coefficient (Wildman–Crippen LogP) is 0.0459. The molecule has 18 heavy (non-hydrogen) atoms. The van der Waals surface area contributed by atoms with E-state index in [-0.39, 0.29) is 17.4 Å². The summed E-state index contributed by atoms with van der Waals surface area (Å²) in [7, 11) is -4.66. The molecule has 1 unspecified atom stereocenters. The molecule has 1 rings (SSSR count). The predicted molar refractivity (Wildman–Crippen MR) is 70.2 cm³/mol. The molecule has 1 atom stereocenters. The molecule has 0 aliphatic rings. The van der Waals surface area contributed by atoms with Crippen LogP contribution < -0.4 is 10.0 Å². The monoisotopic (exact) mass is 294 g/mol. The fourth-order valence-corrected chi connectivity index (χ4v) is 2.73. The SMILES string of the molecule is CCNCc1ccc(S(=O)(=O)NCCS(C)=O)o1. The molecular formula is C10H18N2O4S2. The summed E-state index contributed by atoms with van der Waals surface area (Å²) in [6.07, 6.45) is 1.52. The molecule has 1 heterocycles. The van der Waals surface area contributed by atoms with Crippen molar-refractivity contribution in [2.75, 3.05) is 25.1 Å². The largest absolute Gasteiger partial charge is 0.447 e. The fraction of sp³-hybridized carbons (Fsp3) is 0.600. The second-order valence-electron chi connectivity index (χ2n) is 3.68. The van der Waals surface area contributed by atoms with Crippen LogP contribution in [0.1, 0.15) is 12.7 Å². The van der Waals surface area contributed by atoms with Crippen LogP contribution in [0.3, 0.4) is 0 Å². The van der Waals surface area contributed by atoms with Crippen molar-refractivity contribution in [2.45, 2.75) is 18.6 Å². The van der Waals surface area contributed by atoms with E-state index in [0.29, 0.717) is 12.3 Å². The molecule has 0 bridgehead atoms. The van der Waals surface area contributed by atoms with Crippen molar-refractivity contribution in [3.8, 4) is 0 Å². The number of hydrogen-bond acceptors (Lipinski definition) is 5. The minimum absolute atomic E-state index is 0.114. The van der Waals surface area contributed by atoms with Gasteiger partial charge in [-0.15, -0.1) is 0 Å². The molecule has 0 spiro atoms. The summed E-state index contributed by atoms with van der Waals surface area (Å²) in [5.41, 5.74) is 0. The first-order chi connectivity index (χ1) is 8.45. The highest BCUT2D eigenvalue weighted by Gasteiger charge is 2.18. The first-order valence-electron chi connectivity index (χ1n) is 5.55. The van der Waals surface area contributed by atoms with Gasteiger partial charge in [-0.1, -0.05) is 6.92 Å². The zero-order chi connectivity index (χ0) is 13.6. The normalized spacial score (nSPS) is 13.7. The number of rotatable bonds is 8. The summed E-state index contributed by atoms with van der Waals surface area (Å²) < 4.78 is 41.9. The number of sulfonamides is 1. The smallest absolute Gasteiger partial charge is 0.273 e. The topological polar surface area (TPSA) is 88.4 Å². The maximum absolute atomic E-state index is 11.8. The Morgan fingerprint density at radius 2 is 2.11 bits per heavy atom. The molecule has 0 aliphatic heterocycles. The summed E-state index contributed by atoms with van der Waals surface area (Å²) in [6, 6.07) is 3.03. The Kier molecular flexibility index (Phi) is 6.00. The summed E-state index contributed by atoms with van der Waals surface area (Å²) in [4.78, 5) is 0. The first kappa shape index (κ1) is 15.4. The third-order valence-electron chi connectivity index (χ3n) is 2.13. The van der Waals surface area contributed by atoms with Crippen LogP contribution in [0.5, 0.6) is 0 Å². The van der Waals surface area contributed by atoms with E-state index in [9.17, 15) is 12.6 Å². The lowest BCUT2D eigenvalue weighted by Gasteiger charge is -2.02. The molecule has 1 aromatic rings. The minimum atomic E-state index is -3.64. The first-order valence-corrected chi connectivity index (χ1v) is 8.76. The van der Waals surface area contributed by atoms with E-state index in [4.69, 9.17) is 4.42 Å². The molecule has 1 aromatic heterocycles. The van der Waals surface area contributed by atoms with Gasteiger partial charge in [0.2, 0.25) is 5.09 Å². The Morgan fingerprint density at radius 3 is 2.72 bits per heavy atom. The highest BCUT2D eigenvalue weighted by molar-refractivity contribution is 7.89. The highest BCUT2D eigenvalue weighted by Crippen LogP contribution is 2.13. The Morgan fingerprint density at radius 1 is 1.39 bits per heavy atom. The van der Waals surface area contributed by atoms with Crippen molar-refractivity contribution in [3.05, 3.63) is 17.9 Å². The Balaban J connectivity index is 2.61. The second-order valence-corrected chi connectivity index (χ2v) is 6.93. The van der Waals surface area contributed by atoms with E-state index in [1.807, 2.05) is 6.92 Å². The maximum Gasteiger partial charge on any atom is 0.273 e. The second kappa shape index (κ2) is 7.03. The van der Waals surface area contributed by atoms with Crippen LogP contribution >= 0.6 is 0 Å². The van der Waals surface area contributed by atoms with Gasteiger partial charge < -0.3 is 9.73 Å². The zero-order valence-corrected chi connectivity index (χ0v) is 12.1. The third-order valence-corrected chi connectivity index (χ3v) is 4.25. The van der Waals surface area contributed by atoms with Crippen LogP contribution in [0.25, 0.3) is 0 Å². The van der Waals surface area contributed by atoms with E-state index in [1.54, 1.807) is 6.07 Å². The lowest BCUT2D eigenvalue weighted by molar-refractivity contribution is 0.402. The molecule has 0 fully saturated rings. The fourth-order valence-electron chi connectivity index (χ4n) is 1.24. The van der Waals surface area contributed by atoms with Gasteiger partial charge in [-0.2, -0.15) is 0 Å². The van der Waals surface area contributed by atoms with Crippen LogP contribution in [0.4, 0.5) is 0 Å². The molecule has 8 heteroatoms. The van der Waals surface area contributed by atoms with Gasteiger partial charge in [0.05, 0.1) is 6.54 Å².